The SMILES string of the molecule is CCCCCCCCCCCCCC[C@H]1OC(C)(C)O[C@H]1[C@@H](N)CO[C@H]1OC(CF)[C@@H](C)[C@H](C)C1C. The molecule has 5 nitrogen and oxygen atoms in total. The van der Waals surface area contributed by atoms with Crippen LogP contribution in [0.5, 0.6) is 0 Å². The molecule has 6 heteroatoms. The first-order valence-electron chi connectivity index (χ1n) is 15.1. The highest BCUT2D eigenvalue weighted by molar-refractivity contribution is 4.89. The Bertz CT molecular complexity index is 575. The number of nitrogens with two attached hydrogens (primary N) is 1. The molecule has 0 radical (unpaired) electrons. The van der Waals surface area contributed by atoms with E-state index >= 15 is 0 Å². The maximum Gasteiger partial charge on any atom is 0.163 e. The molecule has 0 aromatic carbocycles. The van der Waals surface area contributed by atoms with Gasteiger partial charge in [-0.25, -0.2) is 4.39 Å². The first-order chi connectivity index (χ1) is 17.2. The van der Waals surface area contributed by atoms with Gasteiger partial charge < -0.3 is 24.7 Å². The van der Waals surface area contributed by atoms with Crippen molar-refractivity contribution in [2.24, 2.45) is 23.5 Å². The van der Waals surface area contributed by atoms with E-state index in [1.165, 1.54) is 70.6 Å². The average molecular weight is 516 g/mol. The van der Waals surface area contributed by atoms with Crippen molar-refractivity contribution in [2.75, 3.05) is 13.3 Å². The van der Waals surface area contributed by atoms with Gasteiger partial charge >= 0.3 is 0 Å². The molecule has 0 bridgehead atoms. The van der Waals surface area contributed by atoms with Crippen LogP contribution in [-0.2, 0) is 18.9 Å². The molecule has 214 valence electrons. The maximum absolute atomic E-state index is 13.4. The predicted molar refractivity (Wildman–Crippen MR) is 146 cm³/mol. The zero-order chi connectivity index (χ0) is 26.6. The Labute approximate surface area is 221 Å². The summed E-state index contributed by atoms with van der Waals surface area (Å²) in [6.07, 6.45) is 15.9. The van der Waals surface area contributed by atoms with Gasteiger partial charge in [-0.05, 0) is 32.1 Å². The smallest absolute Gasteiger partial charge is 0.163 e. The van der Waals surface area contributed by atoms with Crippen molar-refractivity contribution >= 4 is 0 Å². The number of hydrogen-bond acceptors (Lipinski definition) is 5. The van der Waals surface area contributed by atoms with Crippen molar-refractivity contribution in [1.29, 1.82) is 0 Å². The molecule has 0 amide bonds. The molecule has 0 aromatic heterocycles. The molecule has 36 heavy (non-hydrogen) atoms. The third kappa shape index (κ3) is 10.5. The standard InChI is InChI=1S/C30H58FNO4/c1-7-8-9-10-11-12-13-14-15-16-17-18-19-26-28(36-30(5,6)35-26)25(32)21-33-29-24(4)22(2)23(3)27(20-31)34-29/h22-29H,7-21,32H2,1-6H3/t22-,23-,24?,25-,26+,27?,28-,29-/m0/s1. The summed E-state index contributed by atoms with van der Waals surface area (Å²) in [5.74, 6) is 0.0428. The summed E-state index contributed by atoms with van der Waals surface area (Å²) < 4.78 is 37.9. The number of unbranched alkanes of at least 4 members (excludes halogenated alkanes) is 11. The summed E-state index contributed by atoms with van der Waals surface area (Å²) in [5, 5.41) is 0. The van der Waals surface area contributed by atoms with Gasteiger partial charge in [0.15, 0.2) is 12.1 Å². The van der Waals surface area contributed by atoms with Crippen LogP contribution in [0.2, 0.25) is 0 Å². The molecule has 2 saturated heterocycles. The van der Waals surface area contributed by atoms with Crippen LogP contribution in [0.15, 0.2) is 0 Å². The molecule has 2 unspecified atom stereocenters. The van der Waals surface area contributed by atoms with Gasteiger partial charge in [0.2, 0.25) is 0 Å². The Morgan fingerprint density at radius 3 is 1.89 bits per heavy atom. The molecule has 2 rings (SSSR count). The fourth-order valence-electron chi connectivity index (χ4n) is 5.79. The second-order valence-electron chi connectivity index (χ2n) is 12.1. The monoisotopic (exact) mass is 515 g/mol. The molecular formula is C30H58FNO4. The van der Waals surface area contributed by atoms with Crippen LogP contribution in [0.1, 0.15) is 125 Å². The van der Waals surface area contributed by atoms with Crippen LogP contribution in [-0.4, -0.2) is 49.7 Å². The molecule has 0 saturated carbocycles. The summed E-state index contributed by atoms with van der Waals surface area (Å²) in [4.78, 5) is 0. The summed E-state index contributed by atoms with van der Waals surface area (Å²) in [6.45, 7) is 12.3. The molecule has 2 aliphatic heterocycles. The summed E-state index contributed by atoms with van der Waals surface area (Å²) in [7, 11) is 0. The van der Waals surface area contributed by atoms with Crippen LogP contribution < -0.4 is 5.73 Å². The molecule has 8 atom stereocenters. The van der Waals surface area contributed by atoms with Crippen LogP contribution in [0, 0.1) is 17.8 Å². The van der Waals surface area contributed by atoms with Crippen LogP contribution in [0.25, 0.3) is 0 Å². The Kier molecular flexibility index (Phi) is 14.8. The van der Waals surface area contributed by atoms with Gasteiger partial charge in [-0.1, -0.05) is 105 Å². The Hall–Kier alpha value is -0.270. The Morgan fingerprint density at radius 1 is 0.778 bits per heavy atom. The average Bonchev–Trinajstić information content (AvgIpc) is 3.17. The van der Waals surface area contributed by atoms with E-state index in [4.69, 9.17) is 24.7 Å². The van der Waals surface area contributed by atoms with Crippen molar-refractivity contribution in [2.45, 2.75) is 161 Å². The van der Waals surface area contributed by atoms with Crippen molar-refractivity contribution in [3.8, 4) is 0 Å². The fourth-order valence-corrected chi connectivity index (χ4v) is 5.79. The van der Waals surface area contributed by atoms with E-state index in [0.29, 0.717) is 12.5 Å². The summed E-state index contributed by atoms with van der Waals surface area (Å²) >= 11 is 0. The first kappa shape index (κ1) is 31.9. The molecule has 0 aromatic rings. The van der Waals surface area contributed by atoms with E-state index in [2.05, 4.69) is 27.7 Å². The van der Waals surface area contributed by atoms with Gasteiger partial charge in [0.25, 0.3) is 0 Å². The number of halogens is 1. The zero-order valence-electron chi connectivity index (χ0n) is 24.3. The highest BCUT2D eigenvalue weighted by Gasteiger charge is 2.45. The maximum atomic E-state index is 13.4. The normalized spacial score (nSPS) is 33.2. The van der Waals surface area contributed by atoms with Gasteiger partial charge in [0.05, 0.1) is 24.9 Å². The van der Waals surface area contributed by atoms with E-state index in [1.807, 2.05) is 13.8 Å². The number of hydrogen-bond donors (Lipinski definition) is 1. The largest absolute Gasteiger partial charge is 0.351 e. The topological polar surface area (TPSA) is 62.9 Å². The van der Waals surface area contributed by atoms with Crippen molar-refractivity contribution in [3.05, 3.63) is 0 Å². The summed E-state index contributed by atoms with van der Waals surface area (Å²) in [5.41, 5.74) is 6.56. The highest BCUT2D eigenvalue weighted by Crippen LogP contribution is 2.36. The minimum absolute atomic E-state index is 0.0241. The second-order valence-corrected chi connectivity index (χ2v) is 12.1. The lowest BCUT2D eigenvalue weighted by Gasteiger charge is -2.42. The van der Waals surface area contributed by atoms with Gasteiger partial charge in [0.1, 0.15) is 12.8 Å². The number of alkyl halides is 1. The fraction of sp³-hybridized carbons (Fsp3) is 1.00. The first-order valence-corrected chi connectivity index (χ1v) is 15.1. The molecule has 0 spiro atoms. The van der Waals surface area contributed by atoms with Crippen LogP contribution in [0.3, 0.4) is 0 Å². The van der Waals surface area contributed by atoms with Crippen molar-refractivity contribution < 1.29 is 23.3 Å². The Morgan fingerprint density at radius 2 is 1.33 bits per heavy atom. The molecular weight excluding hydrogens is 457 g/mol. The lowest BCUT2D eigenvalue weighted by atomic mass is 9.79. The van der Waals surface area contributed by atoms with Crippen molar-refractivity contribution in [3.63, 3.8) is 0 Å². The van der Waals surface area contributed by atoms with E-state index in [0.717, 1.165) is 12.8 Å². The zero-order valence-corrected chi connectivity index (χ0v) is 24.3. The van der Waals surface area contributed by atoms with Crippen LogP contribution >= 0.6 is 0 Å². The minimum atomic E-state index is -0.637. The number of ether oxygens (including phenoxy) is 4. The molecule has 2 heterocycles. The molecule has 2 fully saturated rings. The third-order valence-electron chi connectivity index (χ3n) is 8.57. The lowest BCUT2D eigenvalue weighted by Crippen LogP contribution is -2.50. The van der Waals surface area contributed by atoms with E-state index in [9.17, 15) is 4.39 Å². The minimum Gasteiger partial charge on any atom is -0.351 e. The van der Waals surface area contributed by atoms with E-state index in [-0.39, 0.29) is 30.1 Å². The van der Waals surface area contributed by atoms with Gasteiger partial charge in [-0.2, -0.15) is 0 Å². The lowest BCUT2D eigenvalue weighted by molar-refractivity contribution is -0.253. The predicted octanol–water partition coefficient (Wildman–Crippen LogP) is 7.54. The van der Waals surface area contributed by atoms with Gasteiger partial charge in [-0.3, -0.25) is 0 Å². The van der Waals surface area contributed by atoms with Gasteiger partial charge in [-0.15, -0.1) is 0 Å². The van der Waals surface area contributed by atoms with Crippen LogP contribution in [0.4, 0.5) is 4.39 Å². The number of rotatable bonds is 18. The molecule has 0 aliphatic carbocycles. The molecule has 2 aliphatic rings. The Balaban J connectivity index is 1.67. The highest BCUT2D eigenvalue weighted by atomic mass is 19.1. The summed E-state index contributed by atoms with van der Waals surface area (Å²) in [6, 6.07) is -0.316. The second kappa shape index (κ2) is 16.6. The quantitative estimate of drug-likeness (QED) is 0.191. The third-order valence-corrected chi connectivity index (χ3v) is 8.57. The van der Waals surface area contributed by atoms with E-state index in [1.54, 1.807) is 0 Å². The van der Waals surface area contributed by atoms with E-state index < -0.39 is 24.9 Å². The molecule has 2 N–H and O–H groups in total. The van der Waals surface area contributed by atoms with Gasteiger partial charge in [0, 0.05) is 5.92 Å². The van der Waals surface area contributed by atoms with Crippen molar-refractivity contribution in [1.82, 2.24) is 0 Å².